The van der Waals surface area contributed by atoms with Crippen LogP contribution in [0.4, 0.5) is 10.5 Å². The maximum Gasteiger partial charge on any atom is 0.319 e. The van der Waals surface area contributed by atoms with E-state index in [1.807, 2.05) is 38.1 Å². The van der Waals surface area contributed by atoms with Crippen LogP contribution in [0.15, 0.2) is 36.4 Å². The molecule has 5 heteroatoms. The molecule has 0 aliphatic heterocycles. The zero-order valence-electron chi connectivity index (χ0n) is 16.3. The van der Waals surface area contributed by atoms with Crippen molar-refractivity contribution in [1.82, 2.24) is 5.32 Å². The number of ether oxygens (including phenoxy) is 2. The number of carbonyl (C=O) groups excluding carboxylic acids is 1. The summed E-state index contributed by atoms with van der Waals surface area (Å²) in [5.41, 5.74) is 3.98. The van der Waals surface area contributed by atoms with E-state index in [9.17, 15) is 4.79 Å². The first kappa shape index (κ1) is 19.6. The summed E-state index contributed by atoms with van der Waals surface area (Å²) < 4.78 is 10.7. The van der Waals surface area contributed by atoms with Gasteiger partial charge in [0.2, 0.25) is 0 Å². The molecule has 2 aromatic rings. The molecular formula is C21H28N2O3. The molecule has 0 aliphatic rings. The van der Waals surface area contributed by atoms with E-state index in [-0.39, 0.29) is 12.1 Å². The lowest BCUT2D eigenvalue weighted by Crippen LogP contribution is -2.31. The number of aryl methyl sites for hydroxylation is 1. The van der Waals surface area contributed by atoms with Crippen LogP contribution in [0, 0.1) is 6.92 Å². The number of methoxy groups -OCH3 is 2. The van der Waals surface area contributed by atoms with Crippen LogP contribution < -0.4 is 20.1 Å². The van der Waals surface area contributed by atoms with Crippen molar-refractivity contribution in [1.29, 1.82) is 0 Å². The minimum absolute atomic E-state index is 0.135. The summed E-state index contributed by atoms with van der Waals surface area (Å²) in [5.74, 6) is 1.92. The van der Waals surface area contributed by atoms with E-state index in [1.165, 1.54) is 0 Å². The Labute approximate surface area is 155 Å². The predicted octanol–water partition coefficient (Wildman–Crippen LogP) is 5.02. The first-order valence-corrected chi connectivity index (χ1v) is 8.75. The third kappa shape index (κ3) is 4.69. The fraction of sp³-hybridized carbons (Fsp3) is 0.381. The van der Waals surface area contributed by atoms with Gasteiger partial charge in [0.1, 0.15) is 11.5 Å². The Balaban J connectivity index is 2.14. The van der Waals surface area contributed by atoms with E-state index in [0.29, 0.717) is 17.4 Å². The maximum atomic E-state index is 12.4. The smallest absolute Gasteiger partial charge is 0.319 e. The summed E-state index contributed by atoms with van der Waals surface area (Å²) in [6.07, 6.45) is 0. The van der Waals surface area contributed by atoms with Crippen LogP contribution in [0.3, 0.4) is 0 Å². The molecule has 2 N–H and O–H groups in total. The van der Waals surface area contributed by atoms with Crippen molar-refractivity contribution in [2.24, 2.45) is 0 Å². The first-order chi connectivity index (χ1) is 12.3. The summed E-state index contributed by atoms with van der Waals surface area (Å²) >= 11 is 0. The molecule has 2 amide bonds. The van der Waals surface area contributed by atoms with Crippen LogP contribution in [0.2, 0.25) is 0 Å². The molecular weight excluding hydrogens is 328 g/mol. The Morgan fingerprint density at radius 1 is 1.00 bits per heavy atom. The molecule has 5 nitrogen and oxygen atoms in total. The summed E-state index contributed by atoms with van der Waals surface area (Å²) in [5, 5.41) is 5.84. The quantitative estimate of drug-likeness (QED) is 0.764. The molecule has 0 bridgehead atoms. The molecule has 0 saturated carbocycles. The molecule has 2 aromatic carbocycles. The van der Waals surface area contributed by atoms with Gasteiger partial charge < -0.3 is 20.1 Å². The largest absolute Gasteiger partial charge is 0.497 e. The second kappa shape index (κ2) is 8.61. The monoisotopic (exact) mass is 356 g/mol. The maximum absolute atomic E-state index is 12.4. The highest BCUT2D eigenvalue weighted by molar-refractivity contribution is 5.89. The third-order valence-electron chi connectivity index (χ3n) is 4.38. The van der Waals surface area contributed by atoms with E-state index in [4.69, 9.17) is 9.47 Å². The number of nitrogens with one attached hydrogen (secondary N) is 2. The Morgan fingerprint density at radius 3 is 2.35 bits per heavy atom. The van der Waals surface area contributed by atoms with Crippen LogP contribution in [0.5, 0.6) is 11.5 Å². The SMILES string of the molecule is COc1cccc(NC(=O)N[C@H](C)c2cc(C(C)C)c(OC)cc2C)c1. The van der Waals surface area contributed by atoms with Gasteiger partial charge in [0.25, 0.3) is 0 Å². The highest BCUT2D eigenvalue weighted by Gasteiger charge is 2.17. The van der Waals surface area contributed by atoms with Gasteiger partial charge in [-0.15, -0.1) is 0 Å². The van der Waals surface area contributed by atoms with Crippen molar-refractivity contribution in [3.63, 3.8) is 0 Å². The lowest BCUT2D eigenvalue weighted by atomic mass is 9.93. The van der Waals surface area contributed by atoms with Gasteiger partial charge in [0.05, 0.1) is 20.3 Å². The van der Waals surface area contributed by atoms with Gasteiger partial charge in [0.15, 0.2) is 0 Å². The number of amides is 2. The van der Waals surface area contributed by atoms with Gasteiger partial charge >= 0.3 is 6.03 Å². The van der Waals surface area contributed by atoms with E-state index in [1.54, 1.807) is 20.3 Å². The predicted molar refractivity (Wildman–Crippen MR) is 105 cm³/mol. The number of benzene rings is 2. The van der Waals surface area contributed by atoms with E-state index < -0.39 is 0 Å². The van der Waals surface area contributed by atoms with Gasteiger partial charge in [0, 0.05) is 11.8 Å². The molecule has 0 aromatic heterocycles. The van der Waals surface area contributed by atoms with Gasteiger partial charge in [-0.3, -0.25) is 0 Å². The normalized spacial score (nSPS) is 11.8. The van der Waals surface area contributed by atoms with Crippen molar-refractivity contribution >= 4 is 11.7 Å². The number of hydrogen-bond acceptors (Lipinski definition) is 3. The summed E-state index contributed by atoms with van der Waals surface area (Å²) in [4.78, 5) is 12.4. The summed E-state index contributed by atoms with van der Waals surface area (Å²) in [6, 6.07) is 11.0. The Morgan fingerprint density at radius 2 is 1.73 bits per heavy atom. The van der Waals surface area contributed by atoms with Crippen molar-refractivity contribution in [3.8, 4) is 11.5 Å². The van der Waals surface area contributed by atoms with Gasteiger partial charge in [-0.05, 0) is 60.7 Å². The third-order valence-corrected chi connectivity index (χ3v) is 4.38. The number of carbonyl (C=O) groups is 1. The molecule has 26 heavy (non-hydrogen) atoms. The molecule has 0 aliphatic carbocycles. The van der Waals surface area contributed by atoms with Crippen LogP contribution in [0.1, 0.15) is 49.4 Å². The minimum atomic E-state index is -0.257. The molecule has 140 valence electrons. The highest BCUT2D eigenvalue weighted by atomic mass is 16.5. The highest BCUT2D eigenvalue weighted by Crippen LogP contribution is 2.32. The first-order valence-electron chi connectivity index (χ1n) is 8.75. The average Bonchev–Trinajstić information content (AvgIpc) is 2.60. The Hall–Kier alpha value is -2.69. The van der Waals surface area contributed by atoms with Crippen LogP contribution in [0.25, 0.3) is 0 Å². The fourth-order valence-electron chi connectivity index (χ4n) is 2.95. The van der Waals surface area contributed by atoms with Crippen LogP contribution in [-0.4, -0.2) is 20.3 Å². The van der Waals surface area contributed by atoms with E-state index >= 15 is 0 Å². The van der Waals surface area contributed by atoms with Gasteiger partial charge in [-0.1, -0.05) is 19.9 Å². The van der Waals surface area contributed by atoms with E-state index in [0.717, 1.165) is 22.4 Å². The number of hydrogen-bond donors (Lipinski definition) is 2. The van der Waals surface area contributed by atoms with Crippen molar-refractivity contribution in [3.05, 3.63) is 53.1 Å². The molecule has 0 heterocycles. The van der Waals surface area contributed by atoms with Crippen LogP contribution >= 0.6 is 0 Å². The molecule has 0 unspecified atom stereocenters. The lowest BCUT2D eigenvalue weighted by molar-refractivity contribution is 0.249. The Bertz CT molecular complexity index is 772. The number of urea groups is 1. The zero-order valence-corrected chi connectivity index (χ0v) is 16.3. The van der Waals surface area contributed by atoms with Crippen molar-refractivity contribution in [2.45, 2.75) is 39.7 Å². The lowest BCUT2D eigenvalue weighted by Gasteiger charge is -2.21. The fourth-order valence-corrected chi connectivity index (χ4v) is 2.95. The molecule has 1 atom stereocenters. The molecule has 2 rings (SSSR count). The van der Waals surface area contributed by atoms with E-state index in [2.05, 4.69) is 30.5 Å². The van der Waals surface area contributed by atoms with Gasteiger partial charge in [-0.25, -0.2) is 4.79 Å². The second-order valence-corrected chi connectivity index (χ2v) is 6.66. The summed E-state index contributed by atoms with van der Waals surface area (Å²) in [7, 11) is 3.28. The zero-order chi connectivity index (χ0) is 19.3. The van der Waals surface area contributed by atoms with Crippen molar-refractivity contribution < 1.29 is 14.3 Å². The molecule has 0 radical (unpaired) electrons. The van der Waals surface area contributed by atoms with Crippen LogP contribution in [-0.2, 0) is 0 Å². The minimum Gasteiger partial charge on any atom is -0.497 e. The Kier molecular flexibility index (Phi) is 6.50. The topological polar surface area (TPSA) is 59.6 Å². The standard InChI is InChI=1S/C21H28N2O3/c1-13(2)18-12-19(14(3)10-20(18)26-6)15(4)22-21(24)23-16-8-7-9-17(11-16)25-5/h7-13,15H,1-6H3,(H2,22,23,24)/t15-/m1/s1. The summed E-state index contributed by atoms with van der Waals surface area (Å²) in [6.45, 7) is 8.26. The number of anilines is 1. The number of rotatable bonds is 6. The molecule has 0 spiro atoms. The molecule has 0 fully saturated rings. The second-order valence-electron chi connectivity index (χ2n) is 6.66. The van der Waals surface area contributed by atoms with Gasteiger partial charge in [-0.2, -0.15) is 0 Å². The van der Waals surface area contributed by atoms with Crippen molar-refractivity contribution in [2.75, 3.05) is 19.5 Å². The average molecular weight is 356 g/mol. The molecule has 0 saturated heterocycles.